The number of nitrogens with one attached hydrogen (secondary N) is 1. The lowest BCUT2D eigenvalue weighted by Gasteiger charge is -2.17. The van der Waals surface area contributed by atoms with Crippen molar-refractivity contribution >= 4 is 39.6 Å². The Hall–Kier alpha value is -3.91. The van der Waals surface area contributed by atoms with E-state index in [4.69, 9.17) is 9.47 Å². The molecule has 1 aliphatic heterocycles. The van der Waals surface area contributed by atoms with Crippen LogP contribution in [0.15, 0.2) is 76.8 Å². The lowest BCUT2D eigenvalue weighted by molar-refractivity contribution is -0.126. The molecule has 1 N–H and O–H groups in total. The largest absolute Gasteiger partial charge is 0.490 e. The van der Waals surface area contributed by atoms with Gasteiger partial charge in [-0.15, -0.1) is 6.58 Å². The molecule has 1 fully saturated rings. The van der Waals surface area contributed by atoms with E-state index in [1.54, 1.807) is 17.2 Å². The van der Waals surface area contributed by atoms with E-state index in [0.717, 1.165) is 38.0 Å². The molecule has 2 amide bonds. The predicted octanol–water partition coefficient (Wildman–Crippen LogP) is 6.28. The topological polar surface area (TPSA) is 80.2 Å². The Balaban J connectivity index is 1.45. The van der Waals surface area contributed by atoms with Crippen LogP contribution < -0.4 is 19.8 Å². The van der Waals surface area contributed by atoms with Crippen LogP contribution in [-0.2, 0) is 22.6 Å². The monoisotopic (exact) mass is 603 g/mol. The Morgan fingerprint density at radius 1 is 1.12 bits per heavy atom. The normalized spacial score (nSPS) is 14.9. The molecule has 0 aliphatic carbocycles. The van der Waals surface area contributed by atoms with Crippen LogP contribution in [0, 0.1) is 19.8 Å². The highest BCUT2D eigenvalue weighted by Crippen LogP contribution is 2.34. The minimum Gasteiger partial charge on any atom is -0.490 e. The fraction of sp³-hybridized carbons (Fsp3) is 0.281. The van der Waals surface area contributed by atoms with Crippen molar-refractivity contribution < 1.29 is 19.1 Å². The molecule has 1 atom stereocenters. The molecule has 3 aromatic carbocycles. The van der Waals surface area contributed by atoms with Gasteiger partial charge in [0.15, 0.2) is 11.5 Å². The smallest absolute Gasteiger partial charge is 0.245 e. The predicted molar refractivity (Wildman–Crippen MR) is 162 cm³/mol. The highest BCUT2D eigenvalue weighted by Gasteiger charge is 2.35. The van der Waals surface area contributed by atoms with Crippen molar-refractivity contribution in [3.63, 3.8) is 0 Å². The average Bonchev–Trinajstić information content (AvgIpc) is 3.32. The second-order valence-corrected chi connectivity index (χ2v) is 10.7. The van der Waals surface area contributed by atoms with E-state index >= 15 is 0 Å². The van der Waals surface area contributed by atoms with Crippen LogP contribution in [0.25, 0.3) is 0 Å². The molecule has 1 saturated heterocycles. The van der Waals surface area contributed by atoms with Gasteiger partial charge in [0.2, 0.25) is 11.8 Å². The van der Waals surface area contributed by atoms with Crippen molar-refractivity contribution in [1.82, 2.24) is 5.43 Å². The van der Waals surface area contributed by atoms with Gasteiger partial charge in [-0.2, -0.15) is 5.10 Å². The number of hydrogen-bond donors (Lipinski definition) is 1. The zero-order valence-electron chi connectivity index (χ0n) is 23.1. The number of carbonyl (C=O) groups excluding carboxylic acids is 2. The number of benzene rings is 3. The minimum atomic E-state index is -0.476. The number of halogens is 1. The molecule has 40 heavy (non-hydrogen) atoms. The van der Waals surface area contributed by atoms with Crippen LogP contribution in [0.5, 0.6) is 11.5 Å². The molecule has 1 aliphatic rings. The number of hydrazone groups is 1. The molecule has 0 aromatic heterocycles. The summed E-state index contributed by atoms with van der Waals surface area (Å²) in [6.07, 6.45) is 4.10. The number of rotatable bonds is 11. The first-order chi connectivity index (χ1) is 19.3. The molecule has 0 saturated carbocycles. The van der Waals surface area contributed by atoms with Crippen molar-refractivity contribution in [2.45, 2.75) is 40.2 Å². The maximum Gasteiger partial charge on any atom is 0.245 e. The van der Waals surface area contributed by atoms with Crippen molar-refractivity contribution in [1.29, 1.82) is 0 Å². The van der Waals surface area contributed by atoms with Crippen LogP contribution in [-0.4, -0.2) is 31.2 Å². The van der Waals surface area contributed by atoms with Crippen molar-refractivity contribution in [2.75, 3.05) is 18.1 Å². The van der Waals surface area contributed by atoms with E-state index in [-0.39, 0.29) is 18.2 Å². The van der Waals surface area contributed by atoms with Gasteiger partial charge < -0.3 is 14.4 Å². The van der Waals surface area contributed by atoms with E-state index in [9.17, 15) is 9.59 Å². The number of allylic oxidation sites excluding steroid dienone is 1. The number of amides is 2. The van der Waals surface area contributed by atoms with E-state index in [0.29, 0.717) is 37.7 Å². The third-order valence-electron chi connectivity index (χ3n) is 6.80. The van der Waals surface area contributed by atoms with Gasteiger partial charge in [0.1, 0.15) is 6.61 Å². The number of hydrogen-bond acceptors (Lipinski definition) is 5. The van der Waals surface area contributed by atoms with Crippen LogP contribution in [0.4, 0.5) is 5.69 Å². The third-order valence-corrected chi connectivity index (χ3v) is 7.33. The van der Waals surface area contributed by atoms with Gasteiger partial charge in [-0.3, -0.25) is 9.59 Å². The van der Waals surface area contributed by atoms with Gasteiger partial charge >= 0.3 is 0 Å². The number of ether oxygens (including phenoxy) is 2. The Labute approximate surface area is 244 Å². The van der Waals surface area contributed by atoms with Gasteiger partial charge in [0, 0.05) is 28.7 Å². The summed E-state index contributed by atoms with van der Waals surface area (Å²) in [4.78, 5) is 27.2. The summed E-state index contributed by atoms with van der Waals surface area (Å²) in [7, 11) is 0. The molecular weight excluding hydrogens is 570 g/mol. The van der Waals surface area contributed by atoms with Gasteiger partial charge in [0.05, 0.1) is 18.7 Å². The third kappa shape index (κ3) is 7.18. The highest BCUT2D eigenvalue weighted by molar-refractivity contribution is 9.10. The van der Waals surface area contributed by atoms with Crippen LogP contribution >= 0.6 is 15.9 Å². The summed E-state index contributed by atoms with van der Waals surface area (Å²) >= 11 is 3.45. The second-order valence-electron chi connectivity index (χ2n) is 9.76. The molecule has 3 aromatic rings. The van der Waals surface area contributed by atoms with Crippen LogP contribution in [0.2, 0.25) is 0 Å². The minimum absolute atomic E-state index is 0.0680. The Morgan fingerprint density at radius 3 is 2.60 bits per heavy atom. The molecule has 0 unspecified atom stereocenters. The quantitative estimate of drug-likeness (QED) is 0.159. The van der Waals surface area contributed by atoms with Crippen LogP contribution in [0.1, 0.15) is 41.2 Å². The summed E-state index contributed by atoms with van der Waals surface area (Å²) < 4.78 is 13.1. The van der Waals surface area contributed by atoms with Gasteiger partial charge in [0.25, 0.3) is 0 Å². The molecule has 1 heterocycles. The van der Waals surface area contributed by atoms with Crippen molar-refractivity contribution in [3.8, 4) is 11.5 Å². The second kappa shape index (κ2) is 13.4. The molecular formula is C32H34BrN3O4. The number of anilines is 1. The fourth-order valence-corrected chi connectivity index (χ4v) is 4.78. The lowest BCUT2D eigenvalue weighted by Crippen LogP contribution is -2.30. The molecule has 0 spiro atoms. The number of carbonyl (C=O) groups is 2. The van der Waals surface area contributed by atoms with E-state index < -0.39 is 5.92 Å². The molecule has 0 bridgehead atoms. The first-order valence-corrected chi connectivity index (χ1v) is 14.1. The molecule has 4 rings (SSSR count). The van der Waals surface area contributed by atoms with Crippen LogP contribution in [0.3, 0.4) is 0 Å². The Morgan fingerprint density at radius 2 is 1.90 bits per heavy atom. The fourth-order valence-electron chi connectivity index (χ4n) is 4.52. The summed E-state index contributed by atoms with van der Waals surface area (Å²) in [6, 6.07) is 17.6. The SMILES string of the molecule is C=CCc1cc(/C=N\NC(=O)[C@H]2CC(=O)N(c3ccc(C)c(C)c3)C2)cc(OCC)c1OCc1ccc(Br)cc1. The Bertz CT molecular complexity index is 1420. The van der Waals surface area contributed by atoms with Crippen molar-refractivity contribution in [2.24, 2.45) is 11.0 Å². The number of nitrogens with zero attached hydrogens (tertiary/aromatic N) is 2. The molecule has 0 radical (unpaired) electrons. The maximum atomic E-state index is 12.8. The molecule has 208 valence electrons. The van der Waals surface area contributed by atoms with E-state index in [1.165, 1.54) is 0 Å². The zero-order chi connectivity index (χ0) is 28.6. The highest BCUT2D eigenvalue weighted by atomic mass is 79.9. The summed E-state index contributed by atoms with van der Waals surface area (Å²) in [5, 5.41) is 4.19. The lowest BCUT2D eigenvalue weighted by atomic mass is 10.1. The molecule has 7 nitrogen and oxygen atoms in total. The van der Waals surface area contributed by atoms with E-state index in [1.807, 2.05) is 75.4 Å². The van der Waals surface area contributed by atoms with Gasteiger partial charge in [-0.05, 0) is 85.8 Å². The zero-order valence-corrected chi connectivity index (χ0v) is 24.7. The Kier molecular flexibility index (Phi) is 9.77. The first kappa shape index (κ1) is 29.1. The average molecular weight is 605 g/mol. The first-order valence-electron chi connectivity index (χ1n) is 13.3. The maximum absolute atomic E-state index is 12.8. The summed E-state index contributed by atoms with van der Waals surface area (Å²) in [6.45, 7) is 11.0. The van der Waals surface area contributed by atoms with E-state index in [2.05, 4.69) is 33.0 Å². The summed E-state index contributed by atoms with van der Waals surface area (Å²) in [5.74, 6) is 0.415. The van der Waals surface area contributed by atoms with Gasteiger partial charge in [-0.1, -0.05) is 40.2 Å². The molecule has 8 heteroatoms. The summed E-state index contributed by atoms with van der Waals surface area (Å²) in [5.41, 5.74) is 8.37. The van der Waals surface area contributed by atoms with Gasteiger partial charge in [-0.25, -0.2) is 5.43 Å². The number of aryl methyl sites for hydroxylation is 2. The standard InChI is InChI=1S/C32H34BrN3O4/c1-5-7-25-15-24(16-29(39-6-2)31(25)40-20-23-9-11-27(33)12-10-23)18-34-35-32(38)26-17-30(37)36(19-26)28-13-8-21(3)22(4)14-28/h5,8-16,18,26H,1,6-7,17,19-20H2,2-4H3,(H,35,38)/b34-18-/t26-/m0/s1. The van der Waals surface area contributed by atoms with Crippen molar-refractivity contribution in [3.05, 3.63) is 99.5 Å².